The van der Waals surface area contributed by atoms with Crippen LogP contribution in [0.2, 0.25) is 0 Å². The first-order valence-corrected chi connectivity index (χ1v) is 11.6. The molecule has 1 heterocycles. The zero-order valence-electron chi connectivity index (χ0n) is 20.3. The van der Waals surface area contributed by atoms with Crippen molar-refractivity contribution in [2.45, 2.75) is 39.2 Å². The van der Waals surface area contributed by atoms with Crippen LogP contribution in [0.15, 0.2) is 77.6 Å². The Balaban J connectivity index is 1.44. The highest BCUT2D eigenvalue weighted by atomic mass is 16.5. The van der Waals surface area contributed by atoms with Crippen LogP contribution in [0.25, 0.3) is 10.8 Å². The summed E-state index contributed by atoms with van der Waals surface area (Å²) in [6, 6.07) is 21.1. The molecule has 0 radical (unpaired) electrons. The zero-order chi connectivity index (χ0) is 25.9. The van der Waals surface area contributed by atoms with E-state index in [0.717, 1.165) is 11.1 Å². The Morgan fingerprint density at radius 3 is 2.11 bits per heavy atom. The topological polar surface area (TPSA) is 111 Å². The summed E-state index contributed by atoms with van der Waals surface area (Å²) in [4.78, 5) is 36.9. The van der Waals surface area contributed by atoms with E-state index in [4.69, 9.17) is 4.74 Å². The van der Waals surface area contributed by atoms with E-state index in [1.54, 1.807) is 36.4 Å². The van der Waals surface area contributed by atoms with Gasteiger partial charge in [-0.2, -0.15) is 5.10 Å². The molecule has 0 aliphatic rings. The third-order valence-electron chi connectivity index (χ3n) is 6.26. The fraction of sp³-hybridized carbons (Fsp3) is 0.214. The molecule has 36 heavy (non-hydrogen) atoms. The van der Waals surface area contributed by atoms with Gasteiger partial charge in [0.25, 0.3) is 5.56 Å². The van der Waals surface area contributed by atoms with Gasteiger partial charge in [-0.25, -0.2) is 9.48 Å². The lowest BCUT2D eigenvalue weighted by atomic mass is 9.82. The van der Waals surface area contributed by atoms with E-state index in [1.165, 1.54) is 17.7 Å². The van der Waals surface area contributed by atoms with E-state index in [1.807, 2.05) is 12.1 Å². The second kappa shape index (κ2) is 10.0. The van der Waals surface area contributed by atoms with Gasteiger partial charge in [-0.3, -0.25) is 9.59 Å². The van der Waals surface area contributed by atoms with Crippen LogP contribution in [0.5, 0.6) is 11.5 Å². The Hall–Kier alpha value is -4.46. The molecular weight excluding hydrogens is 458 g/mol. The molecule has 0 aliphatic carbocycles. The Bertz CT molecular complexity index is 1470. The number of nitrogens with one attached hydrogen (secondary N) is 1. The number of carbonyl (C=O) groups is 2. The second-order valence-electron chi connectivity index (χ2n) is 9.10. The number of hydrogen-bond acceptors (Lipinski definition) is 5. The number of carboxylic acids is 1. The molecule has 0 fully saturated rings. The number of rotatable bonds is 8. The lowest BCUT2D eigenvalue weighted by Crippen LogP contribution is -2.31. The Kier molecular flexibility index (Phi) is 6.87. The number of ether oxygens (including phenoxy) is 1. The van der Waals surface area contributed by atoms with E-state index in [9.17, 15) is 19.5 Å². The van der Waals surface area contributed by atoms with Crippen LogP contribution in [-0.2, 0) is 16.8 Å². The van der Waals surface area contributed by atoms with Crippen molar-refractivity contribution in [3.8, 4) is 11.5 Å². The van der Waals surface area contributed by atoms with Gasteiger partial charge in [-0.05, 0) is 59.9 Å². The van der Waals surface area contributed by atoms with Crippen molar-refractivity contribution >= 4 is 28.3 Å². The Morgan fingerprint density at radius 2 is 1.53 bits per heavy atom. The minimum atomic E-state index is -1.28. The van der Waals surface area contributed by atoms with Gasteiger partial charge in [-0.15, -0.1) is 0 Å². The predicted octanol–water partition coefficient (Wildman–Crippen LogP) is 5.21. The highest BCUT2D eigenvalue weighted by molar-refractivity contribution is 6.01. The average molecular weight is 486 g/mol. The van der Waals surface area contributed by atoms with Crippen LogP contribution in [0.4, 0.5) is 5.69 Å². The number of nitrogens with zero attached hydrogens (tertiary/aromatic N) is 2. The maximum atomic E-state index is 12.7. The van der Waals surface area contributed by atoms with Crippen LogP contribution >= 0.6 is 0 Å². The van der Waals surface area contributed by atoms with Crippen LogP contribution < -0.4 is 15.6 Å². The van der Waals surface area contributed by atoms with Crippen LogP contribution in [0.1, 0.15) is 43.2 Å². The number of carbonyl (C=O) groups excluding carboxylic acids is 1. The molecule has 0 saturated carbocycles. The minimum absolute atomic E-state index is 0.0983. The first-order valence-electron chi connectivity index (χ1n) is 11.6. The molecule has 4 aromatic rings. The van der Waals surface area contributed by atoms with Gasteiger partial charge in [-0.1, -0.05) is 51.1 Å². The summed E-state index contributed by atoms with van der Waals surface area (Å²) < 4.78 is 6.77. The first-order chi connectivity index (χ1) is 17.2. The lowest BCUT2D eigenvalue weighted by molar-refractivity contribution is -0.117. The van der Waals surface area contributed by atoms with Gasteiger partial charge < -0.3 is 15.2 Å². The van der Waals surface area contributed by atoms with Crippen molar-refractivity contribution in [3.63, 3.8) is 0 Å². The molecule has 0 bridgehead atoms. The van der Waals surface area contributed by atoms with Gasteiger partial charge in [0.1, 0.15) is 18.0 Å². The monoisotopic (exact) mass is 485 g/mol. The normalized spacial score (nSPS) is 11.3. The van der Waals surface area contributed by atoms with Gasteiger partial charge >= 0.3 is 5.97 Å². The first kappa shape index (κ1) is 24.7. The summed E-state index contributed by atoms with van der Waals surface area (Å²) in [5.41, 5.74) is 1.01. The van der Waals surface area contributed by atoms with Crippen molar-refractivity contribution in [2.24, 2.45) is 0 Å². The summed E-state index contributed by atoms with van der Waals surface area (Å²) in [6.07, 6.45) is 1.03. The predicted molar refractivity (Wildman–Crippen MR) is 138 cm³/mol. The van der Waals surface area contributed by atoms with Gasteiger partial charge in [0.15, 0.2) is 5.69 Å². The molecule has 3 aromatic carbocycles. The lowest BCUT2D eigenvalue weighted by Gasteiger charge is -2.23. The summed E-state index contributed by atoms with van der Waals surface area (Å²) in [6.45, 7) is 6.14. The van der Waals surface area contributed by atoms with Crippen molar-refractivity contribution in [1.82, 2.24) is 9.78 Å². The van der Waals surface area contributed by atoms with Gasteiger partial charge in [0, 0.05) is 11.1 Å². The molecule has 1 amide bonds. The summed E-state index contributed by atoms with van der Waals surface area (Å²) in [5.74, 6) is -0.480. The molecular formula is C28H27N3O5. The molecule has 0 aliphatic heterocycles. The largest absolute Gasteiger partial charge is 0.476 e. The molecule has 184 valence electrons. The van der Waals surface area contributed by atoms with Gasteiger partial charge in [0.05, 0.1) is 5.39 Å². The molecule has 4 rings (SSSR count). The highest BCUT2D eigenvalue weighted by Crippen LogP contribution is 2.30. The quantitative estimate of drug-likeness (QED) is 0.354. The maximum Gasteiger partial charge on any atom is 0.357 e. The molecule has 0 atom stereocenters. The fourth-order valence-electron chi connectivity index (χ4n) is 3.76. The molecule has 2 N–H and O–H groups in total. The fourth-order valence-corrected chi connectivity index (χ4v) is 3.76. The molecule has 1 aromatic heterocycles. The van der Waals surface area contributed by atoms with E-state index in [-0.39, 0.29) is 21.9 Å². The third kappa shape index (κ3) is 5.27. The molecule has 8 heteroatoms. The van der Waals surface area contributed by atoms with Crippen molar-refractivity contribution in [3.05, 3.63) is 94.4 Å². The highest BCUT2D eigenvalue weighted by Gasteiger charge is 2.18. The number of anilines is 1. The molecule has 0 unspecified atom stereocenters. The van der Waals surface area contributed by atoms with E-state index in [0.29, 0.717) is 17.2 Å². The van der Waals surface area contributed by atoms with E-state index in [2.05, 4.69) is 43.3 Å². The number of fused-ring (bicyclic) bond motifs is 1. The molecule has 0 spiro atoms. The number of carboxylic acid groups (broad SMARTS) is 1. The summed E-state index contributed by atoms with van der Waals surface area (Å²) >= 11 is 0. The second-order valence-corrected chi connectivity index (χ2v) is 9.10. The Labute approximate surface area is 208 Å². The average Bonchev–Trinajstić information content (AvgIpc) is 2.87. The minimum Gasteiger partial charge on any atom is -0.476 e. The van der Waals surface area contributed by atoms with E-state index < -0.39 is 24.0 Å². The summed E-state index contributed by atoms with van der Waals surface area (Å²) in [7, 11) is 0. The molecule has 8 nitrogen and oxygen atoms in total. The molecule has 0 saturated heterocycles. The number of aromatic nitrogens is 2. The van der Waals surface area contributed by atoms with E-state index >= 15 is 0 Å². The van der Waals surface area contributed by atoms with Crippen LogP contribution in [0.3, 0.4) is 0 Å². The van der Waals surface area contributed by atoms with Crippen molar-refractivity contribution in [1.29, 1.82) is 0 Å². The number of aromatic carboxylic acids is 1. The maximum absolute atomic E-state index is 12.7. The standard InChI is InChI=1S/C28H27N3O5/c1-4-28(2,3)18-9-13-20(14-10-18)36-21-15-11-19(12-16-21)29-24(32)17-31-26(33)23-8-6-5-7-22(23)25(30-31)27(34)35/h5-16H,4,17H2,1-3H3,(H,29,32)(H,34,35). The number of amides is 1. The number of benzene rings is 3. The zero-order valence-corrected chi connectivity index (χ0v) is 20.3. The number of hydrogen-bond donors (Lipinski definition) is 2. The van der Waals surface area contributed by atoms with Crippen molar-refractivity contribution in [2.75, 3.05) is 5.32 Å². The summed E-state index contributed by atoms with van der Waals surface area (Å²) in [5, 5.41) is 16.5. The van der Waals surface area contributed by atoms with Crippen LogP contribution in [-0.4, -0.2) is 26.8 Å². The van der Waals surface area contributed by atoms with Crippen molar-refractivity contribution < 1.29 is 19.4 Å². The van der Waals surface area contributed by atoms with Crippen LogP contribution in [0, 0.1) is 0 Å². The SMILES string of the molecule is CCC(C)(C)c1ccc(Oc2ccc(NC(=O)Cn3nc(C(=O)O)c4ccccc4c3=O)cc2)cc1. The van der Waals surface area contributed by atoms with Gasteiger partial charge in [0.2, 0.25) is 5.91 Å². The smallest absolute Gasteiger partial charge is 0.357 e. The Morgan fingerprint density at radius 1 is 0.944 bits per heavy atom. The third-order valence-corrected chi connectivity index (χ3v) is 6.26.